The van der Waals surface area contributed by atoms with Crippen molar-refractivity contribution >= 4 is 5.95 Å². The molecule has 0 spiro atoms. The van der Waals surface area contributed by atoms with E-state index < -0.39 is 0 Å². The van der Waals surface area contributed by atoms with E-state index in [1.54, 1.807) is 0 Å². The average Bonchev–Trinajstić information content (AvgIpc) is 2.67. The van der Waals surface area contributed by atoms with Crippen molar-refractivity contribution in [2.45, 2.75) is 45.2 Å². The Morgan fingerprint density at radius 1 is 1.53 bits per heavy atom. The van der Waals surface area contributed by atoms with Crippen LogP contribution in [0.2, 0.25) is 0 Å². The fourth-order valence-electron chi connectivity index (χ4n) is 1.92. The Morgan fingerprint density at radius 3 is 2.93 bits per heavy atom. The minimum atomic E-state index is -0.189. The zero-order chi connectivity index (χ0) is 10.8. The molecule has 15 heavy (non-hydrogen) atoms. The van der Waals surface area contributed by atoms with Gasteiger partial charge in [0, 0.05) is 12.6 Å². The Morgan fingerprint density at radius 2 is 2.33 bits per heavy atom. The molecule has 0 bridgehead atoms. The zero-order valence-electron chi connectivity index (χ0n) is 9.31. The quantitative estimate of drug-likeness (QED) is 0.800. The molecule has 0 aliphatic carbocycles. The van der Waals surface area contributed by atoms with Gasteiger partial charge >= 0.3 is 0 Å². The smallest absolute Gasteiger partial charge is 0.266 e. The molecule has 84 valence electrons. The second-order valence-corrected chi connectivity index (χ2v) is 4.26. The Kier molecular flexibility index (Phi) is 2.90. The number of hydrogen-bond acceptors (Lipinski definition) is 5. The molecule has 1 saturated heterocycles. The number of anilines is 1. The van der Waals surface area contributed by atoms with Crippen molar-refractivity contribution in [2.24, 2.45) is 5.73 Å². The second kappa shape index (κ2) is 4.18. The highest BCUT2D eigenvalue weighted by molar-refractivity contribution is 5.30. The van der Waals surface area contributed by atoms with Crippen LogP contribution in [0.5, 0.6) is 0 Å². The minimum absolute atomic E-state index is 0.189. The van der Waals surface area contributed by atoms with E-state index in [1.165, 1.54) is 19.3 Å². The third-order valence-corrected chi connectivity index (χ3v) is 2.88. The van der Waals surface area contributed by atoms with Crippen molar-refractivity contribution < 1.29 is 4.52 Å². The van der Waals surface area contributed by atoms with Crippen molar-refractivity contribution in [3.8, 4) is 0 Å². The van der Waals surface area contributed by atoms with Crippen LogP contribution < -0.4 is 10.6 Å². The molecule has 0 radical (unpaired) electrons. The zero-order valence-corrected chi connectivity index (χ0v) is 9.31. The number of piperidine rings is 1. The van der Waals surface area contributed by atoms with Crippen molar-refractivity contribution in [3.63, 3.8) is 0 Å². The van der Waals surface area contributed by atoms with Gasteiger partial charge in [0.15, 0.2) is 0 Å². The van der Waals surface area contributed by atoms with Crippen molar-refractivity contribution in [2.75, 3.05) is 11.4 Å². The van der Waals surface area contributed by atoms with Crippen LogP contribution in [-0.2, 0) is 0 Å². The molecule has 1 aliphatic rings. The summed E-state index contributed by atoms with van der Waals surface area (Å²) in [5, 5.41) is 3.97. The van der Waals surface area contributed by atoms with Gasteiger partial charge in [-0.15, -0.1) is 0 Å². The third kappa shape index (κ3) is 2.12. The van der Waals surface area contributed by atoms with Gasteiger partial charge < -0.3 is 15.2 Å². The Labute approximate surface area is 89.6 Å². The maximum atomic E-state index is 5.68. The van der Waals surface area contributed by atoms with Gasteiger partial charge in [0.25, 0.3) is 5.95 Å². The van der Waals surface area contributed by atoms with E-state index in [1.807, 2.05) is 6.92 Å². The fraction of sp³-hybridized carbons (Fsp3) is 0.800. The predicted molar refractivity (Wildman–Crippen MR) is 57.6 cm³/mol. The van der Waals surface area contributed by atoms with E-state index >= 15 is 0 Å². The lowest BCUT2D eigenvalue weighted by atomic mass is 10.0. The monoisotopic (exact) mass is 210 g/mol. The van der Waals surface area contributed by atoms with Crippen LogP contribution in [0.3, 0.4) is 0 Å². The fourth-order valence-corrected chi connectivity index (χ4v) is 1.92. The van der Waals surface area contributed by atoms with Gasteiger partial charge in [0.05, 0.1) is 6.04 Å². The van der Waals surface area contributed by atoms with Crippen LogP contribution in [-0.4, -0.2) is 22.7 Å². The Balaban J connectivity index is 2.13. The molecule has 0 aromatic carbocycles. The number of hydrogen-bond donors (Lipinski definition) is 1. The van der Waals surface area contributed by atoms with E-state index in [4.69, 9.17) is 10.3 Å². The van der Waals surface area contributed by atoms with Gasteiger partial charge in [-0.05, 0) is 38.3 Å². The molecule has 1 fully saturated rings. The summed E-state index contributed by atoms with van der Waals surface area (Å²) >= 11 is 0. The van der Waals surface area contributed by atoms with Gasteiger partial charge in [-0.25, -0.2) is 0 Å². The largest absolute Gasteiger partial charge is 0.336 e. The average molecular weight is 210 g/mol. The molecular weight excluding hydrogens is 192 g/mol. The molecule has 2 N–H and O–H groups in total. The lowest BCUT2D eigenvalue weighted by Gasteiger charge is -2.31. The second-order valence-electron chi connectivity index (χ2n) is 4.26. The van der Waals surface area contributed by atoms with E-state index in [9.17, 15) is 0 Å². The molecule has 5 nitrogen and oxygen atoms in total. The first-order chi connectivity index (χ1) is 7.18. The Hall–Kier alpha value is -1.10. The van der Waals surface area contributed by atoms with Gasteiger partial charge in [0.1, 0.15) is 0 Å². The van der Waals surface area contributed by atoms with Crippen LogP contribution >= 0.6 is 0 Å². The summed E-state index contributed by atoms with van der Waals surface area (Å²) in [6.45, 7) is 5.05. The SMILES string of the molecule is C[C@H](N)c1nc(N2CCCC[C@@H]2C)no1. The molecule has 1 aliphatic heterocycles. The van der Waals surface area contributed by atoms with E-state index in [0.29, 0.717) is 17.9 Å². The number of aromatic nitrogens is 2. The van der Waals surface area contributed by atoms with Gasteiger partial charge in [-0.1, -0.05) is 0 Å². The number of nitrogens with two attached hydrogens (primary N) is 1. The highest BCUT2D eigenvalue weighted by atomic mass is 16.5. The predicted octanol–water partition coefficient (Wildman–Crippen LogP) is 1.47. The maximum absolute atomic E-state index is 5.68. The van der Waals surface area contributed by atoms with Gasteiger partial charge in [0.2, 0.25) is 5.89 Å². The number of rotatable bonds is 2. The molecule has 0 amide bonds. The summed E-state index contributed by atoms with van der Waals surface area (Å²) in [5.41, 5.74) is 5.68. The van der Waals surface area contributed by atoms with Gasteiger partial charge in [-0.2, -0.15) is 4.98 Å². The minimum Gasteiger partial charge on any atom is -0.336 e. The molecule has 0 saturated carbocycles. The molecule has 2 heterocycles. The van der Waals surface area contributed by atoms with Crippen LogP contribution in [0.1, 0.15) is 45.0 Å². The van der Waals surface area contributed by atoms with E-state index in [-0.39, 0.29) is 6.04 Å². The van der Waals surface area contributed by atoms with E-state index in [0.717, 1.165) is 6.54 Å². The summed E-state index contributed by atoms with van der Waals surface area (Å²) in [7, 11) is 0. The van der Waals surface area contributed by atoms with Crippen molar-refractivity contribution in [3.05, 3.63) is 5.89 Å². The van der Waals surface area contributed by atoms with Crippen molar-refractivity contribution in [1.29, 1.82) is 0 Å². The molecule has 5 heteroatoms. The summed E-state index contributed by atoms with van der Waals surface area (Å²) < 4.78 is 5.10. The topological polar surface area (TPSA) is 68.2 Å². The summed E-state index contributed by atoms with van der Waals surface area (Å²) in [5.74, 6) is 1.21. The highest BCUT2D eigenvalue weighted by Crippen LogP contribution is 2.22. The summed E-state index contributed by atoms with van der Waals surface area (Å²) in [6.07, 6.45) is 3.68. The molecule has 2 atom stereocenters. The summed E-state index contributed by atoms with van der Waals surface area (Å²) in [6, 6.07) is 0.309. The van der Waals surface area contributed by atoms with E-state index in [2.05, 4.69) is 22.0 Å². The standard InChI is InChI=1S/C10H18N4O/c1-7-5-3-4-6-14(7)10-12-9(8(2)11)15-13-10/h7-8H,3-6,11H2,1-2H3/t7-,8-/m0/s1. The summed E-state index contributed by atoms with van der Waals surface area (Å²) in [4.78, 5) is 6.50. The lowest BCUT2D eigenvalue weighted by Crippen LogP contribution is -2.38. The van der Waals surface area contributed by atoms with Crippen molar-refractivity contribution in [1.82, 2.24) is 10.1 Å². The first-order valence-electron chi connectivity index (χ1n) is 5.54. The van der Waals surface area contributed by atoms with Crippen LogP contribution in [0.25, 0.3) is 0 Å². The third-order valence-electron chi connectivity index (χ3n) is 2.88. The maximum Gasteiger partial charge on any atom is 0.266 e. The molecule has 2 rings (SSSR count). The first-order valence-corrected chi connectivity index (χ1v) is 5.54. The first kappa shape index (κ1) is 10.4. The highest BCUT2D eigenvalue weighted by Gasteiger charge is 2.23. The molecule has 1 aromatic rings. The normalized spacial score (nSPS) is 24.2. The van der Waals surface area contributed by atoms with Crippen LogP contribution in [0.4, 0.5) is 5.95 Å². The molecular formula is C10H18N4O. The van der Waals surface area contributed by atoms with Crippen LogP contribution in [0, 0.1) is 0 Å². The molecule has 1 aromatic heterocycles. The lowest BCUT2D eigenvalue weighted by molar-refractivity contribution is 0.358. The molecule has 0 unspecified atom stereocenters. The number of nitrogens with zero attached hydrogens (tertiary/aromatic N) is 3. The Bertz CT molecular complexity index is 323. The van der Waals surface area contributed by atoms with Crippen LogP contribution in [0.15, 0.2) is 4.52 Å². The van der Waals surface area contributed by atoms with Gasteiger partial charge in [-0.3, -0.25) is 0 Å².